The Morgan fingerprint density at radius 2 is 1.94 bits per heavy atom. The smallest absolute Gasteiger partial charge is 0.137 e. The summed E-state index contributed by atoms with van der Waals surface area (Å²) in [5, 5.41) is 0.535. The zero-order valence-corrected chi connectivity index (χ0v) is 12.7. The van der Waals surface area contributed by atoms with Gasteiger partial charge in [-0.3, -0.25) is 0 Å². The molecule has 0 bridgehead atoms. The maximum absolute atomic E-state index is 6.15. The number of hydrogen-bond acceptors (Lipinski definition) is 3. The van der Waals surface area contributed by atoms with E-state index in [1.807, 2.05) is 6.07 Å². The lowest BCUT2D eigenvalue weighted by Crippen LogP contribution is -2.39. The fraction of sp³-hybridized carbons (Fsp3) is 0.714. The van der Waals surface area contributed by atoms with Gasteiger partial charge in [-0.2, -0.15) is 0 Å². The maximum atomic E-state index is 6.15. The highest BCUT2D eigenvalue weighted by Crippen LogP contribution is 2.34. The van der Waals surface area contributed by atoms with E-state index in [1.54, 1.807) is 0 Å². The molecule has 0 radical (unpaired) electrons. The predicted molar refractivity (Wildman–Crippen MR) is 76.4 cm³/mol. The summed E-state index contributed by atoms with van der Waals surface area (Å²) in [6, 6.07) is 1.88. The highest BCUT2D eigenvalue weighted by Gasteiger charge is 2.33. The second kappa shape index (κ2) is 4.37. The van der Waals surface area contributed by atoms with E-state index in [1.165, 1.54) is 12.8 Å². The Morgan fingerprint density at radius 1 is 1.28 bits per heavy atom. The molecule has 0 atom stereocenters. The molecule has 3 nitrogen and oxygen atoms in total. The summed E-state index contributed by atoms with van der Waals surface area (Å²) >= 11 is 6.15. The van der Waals surface area contributed by atoms with E-state index in [0.29, 0.717) is 5.15 Å². The van der Waals surface area contributed by atoms with Crippen molar-refractivity contribution in [1.82, 2.24) is 9.97 Å². The minimum absolute atomic E-state index is 0.0798. The highest BCUT2D eigenvalue weighted by molar-refractivity contribution is 6.29. The Morgan fingerprint density at radius 3 is 2.44 bits per heavy atom. The Labute approximate surface area is 115 Å². The van der Waals surface area contributed by atoms with Gasteiger partial charge >= 0.3 is 0 Å². The lowest BCUT2D eigenvalue weighted by atomic mass is 9.95. The summed E-state index contributed by atoms with van der Waals surface area (Å²) in [5.74, 6) is 1.77. The van der Waals surface area contributed by atoms with Crippen LogP contribution in [0.5, 0.6) is 0 Å². The monoisotopic (exact) mass is 267 g/mol. The molecular formula is C14H22ClN3. The van der Waals surface area contributed by atoms with Crippen LogP contribution in [0.4, 0.5) is 5.82 Å². The molecule has 1 aromatic heterocycles. The average Bonchev–Trinajstić information content (AvgIpc) is 2.55. The van der Waals surface area contributed by atoms with Crippen molar-refractivity contribution in [3.8, 4) is 0 Å². The molecule has 4 heteroatoms. The number of halogens is 1. The Hall–Kier alpha value is -0.830. The van der Waals surface area contributed by atoms with Gasteiger partial charge in [0, 0.05) is 23.6 Å². The van der Waals surface area contributed by atoms with Gasteiger partial charge in [0.25, 0.3) is 0 Å². The molecule has 18 heavy (non-hydrogen) atoms. The topological polar surface area (TPSA) is 29.0 Å². The van der Waals surface area contributed by atoms with Gasteiger partial charge in [-0.05, 0) is 26.7 Å². The summed E-state index contributed by atoms with van der Waals surface area (Å²) in [4.78, 5) is 11.4. The highest BCUT2D eigenvalue weighted by atomic mass is 35.5. The van der Waals surface area contributed by atoms with Crippen molar-refractivity contribution in [2.24, 2.45) is 0 Å². The predicted octanol–water partition coefficient (Wildman–Crippen LogP) is 3.81. The van der Waals surface area contributed by atoms with Crippen LogP contribution in [-0.2, 0) is 5.41 Å². The summed E-state index contributed by atoms with van der Waals surface area (Å²) in [6.45, 7) is 11.9. The Balaban J connectivity index is 2.43. The molecule has 100 valence electrons. The van der Waals surface area contributed by atoms with Crippen molar-refractivity contribution in [3.05, 3.63) is 17.0 Å². The normalized spacial score (nSPS) is 19.3. The average molecular weight is 268 g/mol. The van der Waals surface area contributed by atoms with Crippen molar-refractivity contribution in [1.29, 1.82) is 0 Å². The first-order valence-electron chi connectivity index (χ1n) is 6.53. The molecule has 0 aromatic carbocycles. The molecule has 0 aliphatic carbocycles. The molecular weight excluding hydrogens is 246 g/mol. The van der Waals surface area contributed by atoms with E-state index in [2.05, 4.69) is 44.5 Å². The molecule has 2 rings (SSSR count). The van der Waals surface area contributed by atoms with Crippen LogP contribution in [0, 0.1) is 0 Å². The van der Waals surface area contributed by atoms with Crippen molar-refractivity contribution in [2.75, 3.05) is 11.4 Å². The number of anilines is 1. The third-order valence-electron chi connectivity index (χ3n) is 3.53. The first-order chi connectivity index (χ1) is 8.20. The summed E-state index contributed by atoms with van der Waals surface area (Å²) in [6.07, 6.45) is 2.40. The molecule has 1 saturated heterocycles. The van der Waals surface area contributed by atoms with Crippen LogP contribution in [0.1, 0.15) is 53.3 Å². The molecule has 1 aromatic rings. The molecule has 0 spiro atoms. The van der Waals surface area contributed by atoms with Gasteiger partial charge in [-0.1, -0.05) is 32.4 Å². The summed E-state index contributed by atoms with van der Waals surface area (Å²) in [5.41, 5.74) is 0.0797. The quantitative estimate of drug-likeness (QED) is 0.725. The van der Waals surface area contributed by atoms with Crippen LogP contribution in [0.15, 0.2) is 6.07 Å². The summed E-state index contributed by atoms with van der Waals surface area (Å²) in [7, 11) is 0. The van der Waals surface area contributed by atoms with Gasteiger partial charge < -0.3 is 4.90 Å². The van der Waals surface area contributed by atoms with Crippen LogP contribution >= 0.6 is 11.6 Å². The second-order valence-electron chi connectivity index (χ2n) is 6.69. The van der Waals surface area contributed by atoms with Crippen LogP contribution in [0.3, 0.4) is 0 Å². The molecule has 1 aliphatic rings. The van der Waals surface area contributed by atoms with Crippen LogP contribution in [0.2, 0.25) is 5.15 Å². The third kappa shape index (κ3) is 2.61. The zero-order chi connectivity index (χ0) is 13.6. The maximum Gasteiger partial charge on any atom is 0.137 e. The number of hydrogen-bond donors (Lipinski definition) is 0. The largest absolute Gasteiger partial charge is 0.351 e. The number of rotatable bonds is 1. The molecule has 1 aliphatic heterocycles. The standard InChI is InChI=1S/C14H22ClN3/c1-13(2,3)12-16-10(15)9-11(17-12)18-8-6-7-14(18,4)5/h9H,6-8H2,1-5H3. The number of nitrogens with zero attached hydrogens (tertiary/aromatic N) is 3. The van der Waals surface area contributed by atoms with Gasteiger partial charge in [0.05, 0.1) is 0 Å². The molecule has 0 N–H and O–H groups in total. The van der Waals surface area contributed by atoms with Gasteiger partial charge in [0.2, 0.25) is 0 Å². The molecule has 0 saturated carbocycles. The molecule has 0 amide bonds. The Bertz CT molecular complexity index is 449. The van der Waals surface area contributed by atoms with Crippen LogP contribution in [0.25, 0.3) is 0 Å². The van der Waals surface area contributed by atoms with Gasteiger partial charge in [0.15, 0.2) is 0 Å². The molecule has 1 fully saturated rings. The Kier molecular flexibility index (Phi) is 3.30. The van der Waals surface area contributed by atoms with Crippen molar-refractivity contribution >= 4 is 17.4 Å². The first-order valence-corrected chi connectivity index (χ1v) is 6.91. The van der Waals surface area contributed by atoms with Crippen molar-refractivity contribution in [3.63, 3.8) is 0 Å². The van der Waals surface area contributed by atoms with E-state index >= 15 is 0 Å². The van der Waals surface area contributed by atoms with E-state index in [-0.39, 0.29) is 11.0 Å². The first kappa shape index (κ1) is 13.6. The van der Waals surface area contributed by atoms with E-state index in [9.17, 15) is 0 Å². The van der Waals surface area contributed by atoms with Gasteiger partial charge in [-0.15, -0.1) is 0 Å². The van der Waals surface area contributed by atoms with Gasteiger partial charge in [-0.25, -0.2) is 9.97 Å². The van der Waals surface area contributed by atoms with Crippen LogP contribution < -0.4 is 4.90 Å². The minimum Gasteiger partial charge on any atom is -0.351 e. The van der Waals surface area contributed by atoms with E-state index in [4.69, 9.17) is 16.6 Å². The van der Waals surface area contributed by atoms with Crippen molar-refractivity contribution in [2.45, 2.75) is 58.4 Å². The summed E-state index contributed by atoms with van der Waals surface area (Å²) < 4.78 is 0. The zero-order valence-electron chi connectivity index (χ0n) is 11.9. The van der Waals surface area contributed by atoms with E-state index in [0.717, 1.165) is 18.2 Å². The van der Waals surface area contributed by atoms with Crippen LogP contribution in [-0.4, -0.2) is 22.1 Å². The minimum atomic E-state index is -0.0798. The fourth-order valence-electron chi connectivity index (χ4n) is 2.41. The van der Waals surface area contributed by atoms with E-state index < -0.39 is 0 Å². The number of aromatic nitrogens is 2. The molecule has 0 unspecified atom stereocenters. The third-order valence-corrected chi connectivity index (χ3v) is 3.72. The lowest BCUT2D eigenvalue weighted by Gasteiger charge is -2.33. The van der Waals surface area contributed by atoms with Gasteiger partial charge in [0.1, 0.15) is 16.8 Å². The fourth-order valence-corrected chi connectivity index (χ4v) is 2.59. The lowest BCUT2D eigenvalue weighted by molar-refractivity contribution is 0.505. The second-order valence-corrected chi connectivity index (χ2v) is 7.08. The SMILES string of the molecule is CC(C)(C)c1nc(Cl)cc(N2CCCC2(C)C)n1. The molecule has 2 heterocycles. The van der Waals surface area contributed by atoms with Crippen molar-refractivity contribution < 1.29 is 0 Å².